The third kappa shape index (κ3) is 3.01. The molecule has 1 aliphatic rings. The molecule has 98 valence electrons. The molecule has 1 aliphatic heterocycles. The molecule has 0 spiro atoms. The van der Waals surface area contributed by atoms with Crippen LogP contribution in [0.2, 0.25) is 0 Å². The van der Waals surface area contributed by atoms with Crippen molar-refractivity contribution < 1.29 is 17.9 Å². The summed E-state index contributed by atoms with van der Waals surface area (Å²) < 4.78 is 42.4. The maximum atomic E-state index is 12.4. The van der Waals surface area contributed by atoms with Gasteiger partial charge in [0.2, 0.25) is 0 Å². The Morgan fingerprint density at radius 3 is 2.44 bits per heavy atom. The first-order chi connectivity index (χ1) is 8.49. The van der Waals surface area contributed by atoms with Gasteiger partial charge in [-0.2, -0.15) is 13.2 Å². The van der Waals surface area contributed by atoms with E-state index in [1.54, 1.807) is 0 Å². The van der Waals surface area contributed by atoms with Gasteiger partial charge in [-0.3, -0.25) is 0 Å². The summed E-state index contributed by atoms with van der Waals surface area (Å²) in [5.74, 6) is 0.533. The molecule has 0 fully saturated rings. The lowest BCUT2D eigenvalue weighted by molar-refractivity contribution is -0.137. The van der Waals surface area contributed by atoms with Crippen molar-refractivity contribution in [1.29, 1.82) is 0 Å². The number of nitrogens with two attached hydrogens (primary N) is 1. The summed E-state index contributed by atoms with van der Waals surface area (Å²) in [6, 6.07) is 4.96. The van der Waals surface area contributed by atoms with Crippen LogP contribution in [0.25, 0.3) is 0 Å². The zero-order valence-electron chi connectivity index (χ0n) is 9.57. The van der Waals surface area contributed by atoms with E-state index in [4.69, 9.17) is 10.5 Å². The summed E-state index contributed by atoms with van der Waals surface area (Å²) >= 11 is 0. The van der Waals surface area contributed by atoms with Gasteiger partial charge in [-0.1, -0.05) is 12.1 Å². The van der Waals surface area contributed by atoms with Crippen LogP contribution in [0.3, 0.4) is 0 Å². The van der Waals surface area contributed by atoms with Crippen molar-refractivity contribution in [3.05, 3.63) is 35.4 Å². The van der Waals surface area contributed by atoms with Crippen molar-refractivity contribution in [3.63, 3.8) is 0 Å². The van der Waals surface area contributed by atoms with Gasteiger partial charge in [-0.15, -0.1) is 0 Å². The van der Waals surface area contributed by atoms with Gasteiger partial charge >= 0.3 is 6.18 Å². The molecule has 2 rings (SSSR count). The summed E-state index contributed by atoms with van der Waals surface area (Å²) in [6.07, 6.45) is -3.90. The molecular formula is C12H13F3N2O. The lowest BCUT2D eigenvalue weighted by Gasteiger charge is -2.07. The second kappa shape index (κ2) is 4.97. The molecule has 3 nitrogen and oxygen atoms in total. The molecule has 0 amide bonds. The van der Waals surface area contributed by atoms with Crippen molar-refractivity contribution in [1.82, 2.24) is 0 Å². The predicted octanol–water partition coefficient (Wildman–Crippen LogP) is 2.00. The Balaban J connectivity index is 2.03. The maximum absolute atomic E-state index is 12.4. The zero-order valence-corrected chi connectivity index (χ0v) is 9.57. The Morgan fingerprint density at radius 2 is 1.94 bits per heavy atom. The van der Waals surface area contributed by atoms with Crippen molar-refractivity contribution >= 4 is 5.90 Å². The van der Waals surface area contributed by atoms with Gasteiger partial charge in [0.05, 0.1) is 11.6 Å². The highest BCUT2D eigenvalue weighted by molar-refractivity contribution is 5.80. The average Bonchev–Trinajstić information content (AvgIpc) is 2.76. The zero-order chi connectivity index (χ0) is 13.2. The van der Waals surface area contributed by atoms with E-state index in [2.05, 4.69) is 4.99 Å². The highest BCUT2D eigenvalue weighted by Crippen LogP contribution is 2.29. The molecule has 6 heteroatoms. The quantitative estimate of drug-likeness (QED) is 0.901. The standard InChI is InChI=1S/C12H13F3N2O/c13-12(14,15)9-3-1-8(2-4-9)5-11-17-10(6-16)7-18-11/h1-4,10H,5-7,16H2. The molecule has 0 radical (unpaired) electrons. The molecule has 2 N–H and O–H groups in total. The second-order valence-electron chi connectivity index (χ2n) is 4.09. The molecule has 1 aromatic rings. The number of hydrogen-bond acceptors (Lipinski definition) is 3. The van der Waals surface area contributed by atoms with Gasteiger partial charge in [-0.25, -0.2) is 4.99 Å². The molecule has 0 aromatic heterocycles. The number of ether oxygens (including phenoxy) is 1. The first kappa shape index (κ1) is 12.9. The van der Waals surface area contributed by atoms with Gasteiger partial charge in [0.1, 0.15) is 6.61 Å². The molecule has 0 saturated heterocycles. The van der Waals surface area contributed by atoms with E-state index in [-0.39, 0.29) is 6.04 Å². The lowest BCUT2D eigenvalue weighted by Crippen LogP contribution is -2.18. The number of rotatable bonds is 3. The Kier molecular flexibility index (Phi) is 3.56. The summed E-state index contributed by atoms with van der Waals surface area (Å²) in [5, 5.41) is 0. The minimum Gasteiger partial charge on any atom is -0.478 e. The maximum Gasteiger partial charge on any atom is 0.416 e. The molecule has 0 bridgehead atoms. The van der Waals surface area contributed by atoms with Gasteiger partial charge in [-0.05, 0) is 17.7 Å². The number of benzene rings is 1. The SMILES string of the molecule is NCC1COC(Cc2ccc(C(F)(F)F)cc2)=N1. The smallest absolute Gasteiger partial charge is 0.416 e. The Labute approximate surface area is 102 Å². The van der Waals surface area contributed by atoms with Gasteiger partial charge in [0.25, 0.3) is 0 Å². The third-order valence-corrected chi connectivity index (χ3v) is 2.68. The molecule has 1 atom stereocenters. The van der Waals surface area contributed by atoms with Crippen LogP contribution in [0.15, 0.2) is 29.3 Å². The van der Waals surface area contributed by atoms with Crippen LogP contribution >= 0.6 is 0 Å². The van der Waals surface area contributed by atoms with Crippen LogP contribution in [0, 0.1) is 0 Å². The van der Waals surface area contributed by atoms with Crippen LogP contribution in [-0.4, -0.2) is 25.1 Å². The fraction of sp³-hybridized carbons (Fsp3) is 0.417. The monoisotopic (exact) mass is 258 g/mol. The van der Waals surface area contributed by atoms with Gasteiger partial charge < -0.3 is 10.5 Å². The van der Waals surface area contributed by atoms with Crippen molar-refractivity contribution in [2.24, 2.45) is 10.7 Å². The van der Waals surface area contributed by atoms with Crippen molar-refractivity contribution in [2.45, 2.75) is 18.6 Å². The minimum atomic E-state index is -4.30. The summed E-state index contributed by atoms with van der Waals surface area (Å²) in [6.45, 7) is 0.864. The van der Waals surface area contributed by atoms with E-state index in [1.165, 1.54) is 12.1 Å². The molecular weight excluding hydrogens is 245 g/mol. The van der Waals surface area contributed by atoms with Crippen LogP contribution in [-0.2, 0) is 17.3 Å². The summed E-state index contributed by atoms with van der Waals surface area (Å²) in [7, 11) is 0. The summed E-state index contributed by atoms with van der Waals surface area (Å²) in [5.41, 5.74) is 5.53. The van der Waals surface area contributed by atoms with Gasteiger partial charge in [0.15, 0.2) is 5.90 Å². The lowest BCUT2D eigenvalue weighted by atomic mass is 10.1. The Morgan fingerprint density at radius 1 is 1.28 bits per heavy atom. The Hall–Kier alpha value is -1.56. The van der Waals surface area contributed by atoms with Crippen LogP contribution in [0.4, 0.5) is 13.2 Å². The molecule has 0 aliphatic carbocycles. The summed E-state index contributed by atoms with van der Waals surface area (Å²) in [4.78, 5) is 4.22. The van der Waals surface area contributed by atoms with Crippen LogP contribution in [0.1, 0.15) is 11.1 Å². The van der Waals surface area contributed by atoms with E-state index in [0.717, 1.165) is 17.7 Å². The first-order valence-corrected chi connectivity index (χ1v) is 5.54. The largest absolute Gasteiger partial charge is 0.478 e. The number of aliphatic imine (C=N–C) groups is 1. The number of alkyl halides is 3. The molecule has 1 unspecified atom stereocenters. The fourth-order valence-electron chi connectivity index (χ4n) is 1.67. The van der Waals surface area contributed by atoms with E-state index < -0.39 is 11.7 Å². The molecule has 1 heterocycles. The van der Waals surface area contributed by atoms with E-state index in [9.17, 15) is 13.2 Å². The third-order valence-electron chi connectivity index (χ3n) is 2.68. The van der Waals surface area contributed by atoms with E-state index >= 15 is 0 Å². The average molecular weight is 258 g/mol. The number of hydrogen-bond donors (Lipinski definition) is 1. The normalized spacial score (nSPS) is 19.6. The highest BCUT2D eigenvalue weighted by Gasteiger charge is 2.30. The van der Waals surface area contributed by atoms with Crippen LogP contribution < -0.4 is 5.73 Å². The predicted molar refractivity (Wildman–Crippen MR) is 61.4 cm³/mol. The van der Waals surface area contributed by atoms with E-state index in [0.29, 0.717) is 25.5 Å². The minimum absolute atomic E-state index is 0.0329. The van der Waals surface area contributed by atoms with Crippen molar-refractivity contribution in [3.8, 4) is 0 Å². The molecule has 18 heavy (non-hydrogen) atoms. The Bertz CT molecular complexity index is 440. The van der Waals surface area contributed by atoms with Crippen LogP contribution in [0.5, 0.6) is 0 Å². The first-order valence-electron chi connectivity index (χ1n) is 5.54. The second-order valence-corrected chi connectivity index (χ2v) is 4.09. The topological polar surface area (TPSA) is 47.6 Å². The van der Waals surface area contributed by atoms with Gasteiger partial charge in [0, 0.05) is 13.0 Å². The number of halogens is 3. The van der Waals surface area contributed by atoms with E-state index in [1.807, 2.05) is 0 Å². The number of nitrogens with zero attached hydrogens (tertiary/aromatic N) is 1. The molecule has 0 saturated carbocycles. The highest BCUT2D eigenvalue weighted by atomic mass is 19.4. The fourth-order valence-corrected chi connectivity index (χ4v) is 1.67. The molecule has 1 aromatic carbocycles. The van der Waals surface area contributed by atoms with Crippen molar-refractivity contribution in [2.75, 3.05) is 13.2 Å².